The highest BCUT2D eigenvalue weighted by atomic mass is 79.9. The lowest BCUT2D eigenvalue weighted by atomic mass is 9.78. The minimum atomic E-state index is 0.214. The highest BCUT2D eigenvalue weighted by Crippen LogP contribution is 2.44. The Labute approximate surface area is 138 Å². The Morgan fingerprint density at radius 1 is 1.30 bits per heavy atom. The standard InChI is InChI=1S/C15H19BrCl2O2/c1-3-20-10-4-9(5-10)6-12(16)11-7-14(18)15(19-2)8-13(11)17/h7-10,12H,3-6H2,1-2H3. The van der Waals surface area contributed by atoms with Crippen molar-refractivity contribution in [2.45, 2.75) is 37.1 Å². The normalized spacial score (nSPS) is 23.2. The fourth-order valence-corrected chi connectivity index (χ4v) is 4.17. The predicted molar refractivity (Wildman–Crippen MR) is 87.4 cm³/mol. The molecule has 1 aliphatic rings. The van der Waals surface area contributed by atoms with Crippen molar-refractivity contribution in [3.8, 4) is 5.75 Å². The summed E-state index contributed by atoms with van der Waals surface area (Å²) in [6, 6.07) is 3.66. The summed E-state index contributed by atoms with van der Waals surface area (Å²) >= 11 is 16.2. The van der Waals surface area contributed by atoms with Gasteiger partial charge in [0, 0.05) is 22.5 Å². The quantitative estimate of drug-likeness (QED) is 0.593. The summed E-state index contributed by atoms with van der Waals surface area (Å²) in [6.07, 6.45) is 3.76. The average molecular weight is 382 g/mol. The molecule has 0 N–H and O–H groups in total. The topological polar surface area (TPSA) is 18.5 Å². The Morgan fingerprint density at radius 2 is 2.00 bits per heavy atom. The molecule has 0 bridgehead atoms. The van der Waals surface area contributed by atoms with E-state index in [0.717, 1.165) is 31.4 Å². The highest BCUT2D eigenvalue weighted by Gasteiger charge is 2.31. The molecule has 0 aliphatic heterocycles. The summed E-state index contributed by atoms with van der Waals surface area (Å²) in [7, 11) is 1.59. The van der Waals surface area contributed by atoms with Gasteiger partial charge in [0.25, 0.3) is 0 Å². The number of benzene rings is 1. The van der Waals surface area contributed by atoms with E-state index in [-0.39, 0.29) is 4.83 Å². The molecule has 1 aliphatic carbocycles. The van der Waals surface area contributed by atoms with Crippen LogP contribution in [-0.2, 0) is 4.74 Å². The first-order chi connectivity index (χ1) is 9.55. The summed E-state index contributed by atoms with van der Waals surface area (Å²) < 4.78 is 10.8. The molecule has 112 valence electrons. The Bertz CT molecular complexity index is 461. The first-order valence-corrected chi connectivity index (χ1v) is 8.50. The van der Waals surface area contributed by atoms with E-state index in [4.69, 9.17) is 32.7 Å². The van der Waals surface area contributed by atoms with Crippen LogP contribution in [0.1, 0.15) is 36.6 Å². The average Bonchev–Trinajstić information content (AvgIpc) is 2.38. The van der Waals surface area contributed by atoms with Gasteiger partial charge in [-0.05, 0) is 43.7 Å². The molecule has 1 atom stereocenters. The number of hydrogen-bond donors (Lipinski definition) is 0. The largest absolute Gasteiger partial charge is 0.495 e. The molecule has 1 aromatic carbocycles. The van der Waals surface area contributed by atoms with E-state index < -0.39 is 0 Å². The molecule has 0 heterocycles. The number of alkyl halides is 1. The van der Waals surface area contributed by atoms with E-state index >= 15 is 0 Å². The second kappa shape index (κ2) is 7.35. The van der Waals surface area contributed by atoms with Gasteiger partial charge in [-0.1, -0.05) is 39.1 Å². The first kappa shape index (κ1) is 16.4. The van der Waals surface area contributed by atoms with Gasteiger partial charge >= 0.3 is 0 Å². The maximum absolute atomic E-state index is 6.30. The first-order valence-electron chi connectivity index (χ1n) is 6.83. The molecule has 0 radical (unpaired) electrons. The van der Waals surface area contributed by atoms with Gasteiger partial charge in [0.1, 0.15) is 5.75 Å². The van der Waals surface area contributed by atoms with Gasteiger partial charge in [0.2, 0.25) is 0 Å². The molecule has 0 spiro atoms. The van der Waals surface area contributed by atoms with E-state index in [1.54, 1.807) is 13.2 Å². The van der Waals surface area contributed by atoms with Crippen LogP contribution in [-0.4, -0.2) is 19.8 Å². The molecule has 0 amide bonds. The second-order valence-corrected chi connectivity index (χ2v) is 7.05. The van der Waals surface area contributed by atoms with Crippen LogP contribution in [0.15, 0.2) is 12.1 Å². The molecule has 1 saturated carbocycles. The van der Waals surface area contributed by atoms with Crippen LogP contribution in [0.2, 0.25) is 10.0 Å². The minimum absolute atomic E-state index is 0.214. The fourth-order valence-electron chi connectivity index (χ4n) is 2.60. The van der Waals surface area contributed by atoms with Crippen LogP contribution >= 0.6 is 39.1 Å². The third-order valence-corrected chi connectivity index (χ3v) is 5.23. The number of halogens is 3. The van der Waals surface area contributed by atoms with Gasteiger partial charge < -0.3 is 9.47 Å². The minimum Gasteiger partial charge on any atom is -0.495 e. The predicted octanol–water partition coefficient (Wildman–Crippen LogP) is 5.64. The summed E-state index contributed by atoms with van der Waals surface area (Å²) in [6.45, 7) is 2.84. The van der Waals surface area contributed by atoms with Crippen LogP contribution in [0.4, 0.5) is 0 Å². The lowest BCUT2D eigenvalue weighted by Crippen LogP contribution is -2.31. The summed E-state index contributed by atoms with van der Waals surface area (Å²) in [4.78, 5) is 0.214. The Balaban J connectivity index is 1.96. The number of ether oxygens (including phenoxy) is 2. The smallest absolute Gasteiger partial charge is 0.138 e. The van der Waals surface area contributed by atoms with Crippen molar-refractivity contribution in [2.75, 3.05) is 13.7 Å². The van der Waals surface area contributed by atoms with E-state index in [2.05, 4.69) is 15.9 Å². The third-order valence-electron chi connectivity index (χ3n) is 3.74. The fraction of sp³-hybridized carbons (Fsp3) is 0.600. The van der Waals surface area contributed by atoms with Crippen LogP contribution < -0.4 is 4.74 Å². The monoisotopic (exact) mass is 380 g/mol. The zero-order valence-electron chi connectivity index (χ0n) is 11.7. The lowest BCUT2D eigenvalue weighted by Gasteiger charge is -2.36. The van der Waals surface area contributed by atoms with E-state index in [9.17, 15) is 0 Å². The van der Waals surface area contributed by atoms with Crippen LogP contribution in [0.3, 0.4) is 0 Å². The van der Waals surface area contributed by atoms with E-state index in [1.807, 2.05) is 13.0 Å². The molecule has 5 heteroatoms. The van der Waals surface area contributed by atoms with Crippen molar-refractivity contribution >= 4 is 39.1 Å². The molecular weight excluding hydrogens is 363 g/mol. The van der Waals surface area contributed by atoms with E-state index in [1.165, 1.54) is 0 Å². The Kier molecular flexibility index (Phi) is 6.03. The van der Waals surface area contributed by atoms with Crippen LogP contribution in [0.25, 0.3) is 0 Å². The Morgan fingerprint density at radius 3 is 2.60 bits per heavy atom. The third kappa shape index (κ3) is 3.82. The van der Waals surface area contributed by atoms with Crippen molar-refractivity contribution in [1.82, 2.24) is 0 Å². The summed E-state index contributed by atoms with van der Waals surface area (Å²) in [5.41, 5.74) is 1.03. The SMILES string of the molecule is CCOC1CC(CC(Br)c2cc(Cl)c(OC)cc2Cl)C1. The zero-order chi connectivity index (χ0) is 14.7. The maximum atomic E-state index is 6.30. The summed E-state index contributed by atoms with van der Waals surface area (Å²) in [5, 5.41) is 1.28. The van der Waals surface area contributed by atoms with Gasteiger partial charge in [-0.25, -0.2) is 0 Å². The van der Waals surface area contributed by atoms with Crippen LogP contribution in [0, 0.1) is 5.92 Å². The molecule has 1 unspecified atom stereocenters. The molecule has 20 heavy (non-hydrogen) atoms. The van der Waals surface area contributed by atoms with Crippen molar-refractivity contribution in [2.24, 2.45) is 5.92 Å². The second-order valence-electron chi connectivity index (χ2n) is 5.13. The van der Waals surface area contributed by atoms with Crippen LogP contribution in [0.5, 0.6) is 5.75 Å². The summed E-state index contributed by atoms with van der Waals surface area (Å²) in [5.74, 6) is 1.30. The van der Waals surface area contributed by atoms with Crippen molar-refractivity contribution < 1.29 is 9.47 Å². The van der Waals surface area contributed by atoms with Crippen molar-refractivity contribution in [3.05, 3.63) is 27.7 Å². The molecule has 0 saturated heterocycles. The molecule has 1 fully saturated rings. The molecular formula is C15H19BrCl2O2. The number of hydrogen-bond acceptors (Lipinski definition) is 2. The van der Waals surface area contributed by atoms with Gasteiger partial charge in [-0.2, -0.15) is 0 Å². The molecule has 2 rings (SSSR count). The zero-order valence-corrected chi connectivity index (χ0v) is 14.8. The molecule has 0 aromatic heterocycles. The van der Waals surface area contributed by atoms with E-state index in [0.29, 0.717) is 27.8 Å². The highest BCUT2D eigenvalue weighted by molar-refractivity contribution is 9.09. The van der Waals surface area contributed by atoms with Gasteiger partial charge in [-0.3, -0.25) is 0 Å². The van der Waals surface area contributed by atoms with Crippen molar-refractivity contribution in [3.63, 3.8) is 0 Å². The van der Waals surface area contributed by atoms with Gasteiger partial charge in [-0.15, -0.1) is 0 Å². The number of methoxy groups -OCH3 is 1. The molecule has 1 aromatic rings. The Hall–Kier alpha value is 0.0400. The van der Waals surface area contributed by atoms with Gasteiger partial charge in [0.15, 0.2) is 0 Å². The lowest BCUT2D eigenvalue weighted by molar-refractivity contribution is -0.0264. The maximum Gasteiger partial charge on any atom is 0.138 e. The van der Waals surface area contributed by atoms with Crippen molar-refractivity contribution in [1.29, 1.82) is 0 Å². The molecule has 2 nitrogen and oxygen atoms in total. The van der Waals surface area contributed by atoms with Gasteiger partial charge in [0.05, 0.1) is 18.2 Å². The number of rotatable bonds is 6.